The predicted octanol–water partition coefficient (Wildman–Crippen LogP) is 3.44. The second-order valence-electron chi connectivity index (χ2n) is 5.12. The van der Waals surface area contributed by atoms with Crippen molar-refractivity contribution < 1.29 is 9.53 Å². The van der Waals surface area contributed by atoms with Gasteiger partial charge in [-0.25, -0.2) is 0 Å². The number of hydrogen-bond acceptors (Lipinski definition) is 3. The first-order chi connectivity index (χ1) is 10.7. The van der Waals surface area contributed by atoms with Crippen LogP contribution in [-0.2, 0) is 14.9 Å². The lowest BCUT2D eigenvalue weighted by Crippen LogP contribution is -2.38. The highest BCUT2D eigenvalue weighted by atomic mass is 16.5. The van der Waals surface area contributed by atoms with Crippen molar-refractivity contribution in [1.29, 1.82) is 5.41 Å². The third-order valence-electron chi connectivity index (χ3n) is 3.90. The first-order valence-corrected chi connectivity index (χ1v) is 7.58. The van der Waals surface area contributed by atoms with Crippen LogP contribution in [0.15, 0.2) is 48.6 Å². The second-order valence-corrected chi connectivity index (χ2v) is 5.12. The van der Waals surface area contributed by atoms with Crippen molar-refractivity contribution in [2.24, 2.45) is 0 Å². The molecule has 0 fully saturated rings. The van der Waals surface area contributed by atoms with Crippen LogP contribution in [0.5, 0.6) is 0 Å². The van der Waals surface area contributed by atoms with Gasteiger partial charge in [-0.05, 0) is 31.9 Å². The van der Waals surface area contributed by atoms with Gasteiger partial charge in [0.05, 0.1) is 12.9 Å². The van der Waals surface area contributed by atoms with Gasteiger partial charge in [0.25, 0.3) is 0 Å². The molecule has 4 heteroatoms. The Morgan fingerprint density at radius 3 is 2.73 bits per heavy atom. The number of carbonyl (C=O) groups is 1. The van der Waals surface area contributed by atoms with Gasteiger partial charge in [-0.2, -0.15) is 0 Å². The average molecular weight is 298 g/mol. The van der Waals surface area contributed by atoms with Gasteiger partial charge in [0.1, 0.15) is 5.41 Å². The molecule has 2 rings (SSSR count). The van der Waals surface area contributed by atoms with Gasteiger partial charge in [0.15, 0.2) is 0 Å². The van der Waals surface area contributed by atoms with Gasteiger partial charge in [0.2, 0.25) is 0 Å². The van der Waals surface area contributed by atoms with Crippen LogP contribution in [0.2, 0.25) is 0 Å². The molecule has 1 aliphatic rings. The topological polar surface area (TPSA) is 53.4 Å². The molecule has 0 amide bonds. The lowest BCUT2D eigenvalue weighted by molar-refractivity contribution is -0.148. The second kappa shape index (κ2) is 7.07. The summed E-state index contributed by atoms with van der Waals surface area (Å²) in [5.74, 6) is -0.246. The molecule has 0 saturated carbocycles. The number of esters is 1. The van der Waals surface area contributed by atoms with Gasteiger partial charge in [-0.3, -0.25) is 10.2 Å². The Bertz CT molecular complexity index is 607. The molecule has 0 saturated heterocycles. The molecular formula is C18H22N2O2. The van der Waals surface area contributed by atoms with Crippen molar-refractivity contribution in [1.82, 2.24) is 0 Å². The fourth-order valence-electron chi connectivity index (χ4n) is 2.77. The molecule has 0 heterocycles. The van der Waals surface area contributed by atoms with Gasteiger partial charge in [-0.1, -0.05) is 42.5 Å². The number of allylic oxidation sites excluding steroid dienone is 3. The molecule has 4 nitrogen and oxygen atoms in total. The number of benzene rings is 1. The van der Waals surface area contributed by atoms with Crippen LogP contribution >= 0.6 is 0 Å². The summed E-state index contributed by atoms with van der Waals surface area (Å²) in [6.07, 6.45) is 9.57. The summed E-state index contributed by atoms with van der Waals surface area (Å²) in [5, 5.41) is 7.61. The molecule has 0 aromatic heterocycles. The quantitative estimate of drug-likeness (QED) is 0.497. The Hall–Kier alpha value is -2.36. The predicted molar refractivity (Wildman–Crippen MR) is 89.5 cm³/mol. The number of anilines is 1. The minimum atomic E-state index is -0.822. The monoisotopic (exact) mass is 298 g/mol. The van der Waals surface area contributed by atoms with Crippen LogP contribution in [0.4, 0.5) is 5.69 Å². The third kappa shape index (κ3) is 2.82. The highest BCUT2D eigenvalue weighted by Gasteiger charge is 2.41. The number of para-hydroxylation sites is 1. The number of hydrogen-bond donors (Lipinski definition) is 1. The number of ether oxygens (including phenoxy) is 1. The Morgan fingerprint density at radius 1 is 1.36 bits per heavy atom. The van der Waals surface area contributed by atoms with E-state index >= 15 is 0 Å². The Kier molecular flexibility index (Phi) is 5.15. The first kappa shape index (κ1) is 16.0. The molecular weight excluding hydrogens is 276 g/mol. The SMILES string of the molecule is CCOC(=O)C1(c2ccccc2N(C=N)CC)C=CC=CC1. The van der Waals surface area contributed by atoms with E-state index < -0.39 is 5.41 Å². The summed E-state index contributed by atoms with van der Waals surface area (Å²) in [4.78, 5) is 14.5. The smallest absolute Gasteiger partial charge is 0.320 e. The summed E-state index contributed by atoms with van der Waals surface area (Å²) < 4.78 is 5.34. The number of nitrogens with zero attached hydrogens (tertiary/aromatic N) is 1. The lowest BCUT2D eigenvalue weighted by atomic mass is 9.74. The number of nitrogens with one attached hydrogen (secondary N) is 1. The molecule has 1 aromatic rings. The van der Waals surface area contributed by atoms with Crippen LogP contribution in [0.3, 0.4) is 0 Å². The minimum absolute atomic E-state index is 0.246. The molecule has 0 aliphatic heterocycles. The average Bonchev–Trinajstić information content (AvgIpc) is 2.57. The summed E-state index contributed by atoms with van der Waals surface area (Å²) in [5.41, 5.74) is 0.921. The summed E-state index contributed by atoms with van der Waals surface area (Å²) >= 11 is 0. The van der Waals surface area contributed by atoms with Crippen molar-refractivity contribution in [3.63, 3.8) is 0 Å². The minimum Gasteiger partial charge on any atom is -0.465 e. The summed E-state index contributed by atoms with van der Waals surface area (Å²) in [7, 11) is 0. The maximum Gasteiger partial charge on any atom is 0.320 e. The third-order valence-corrected chi connectivity index (χ3v) is 3.90. The zero-order valence-corrected chi connectivity index (χ0v) is 13.1. The molecule has 0 spiro atoms. The van der Waals surface area contributed by atoms with Gasteiger partial charge >= 0.3 is 5.97 Å². The van der Waals surface area contributed by atoms with E-state index in [1.54, 1.807) is 0 Å². The van der Waals surface area contributed by atoms with Crippen molar-refractivity contribution in [2.45, 2.75) is 25.7 Å². The van der Waals surface area contributed by atoms with E-state index in [-0.39, 0.29) is 5.97 Å². The maximum absolute atomic E-state index is 12.7. The van der Waals surface area contributed by atoms with E-state index in [4.69, 9.17) is 10.1 Å². The van der Waals surface area contributed by atoms with Crippen molar-refractivity contribution in [2.75, 3.05) is 18.1 Å². The maximum atomic E-state index is 12.7. The molecule has 0 bridgehead atoms. The van der Waals surface area contributed by atoms with E-state index in [0.29, 0.717) is 19.6 Å². The van der Waals surface area contributed by atoms with E-state index in [1.165, 1.54) is 6.34 Å². The van der Waals surface area contributed by atoms with Crippen LogP contribution < -0.4 is 4.90 Å². The standard InChI is InChI=1S/C18H22N2O2/c1-3-20(14-19)16-11-7-6-10-15(16)18(17(21)22-4-2)12-8-5-9-13-18/h5-12,14,19H,3-4,13H2,1-2H3. The number of rotatable bonds is 6. The molecule has 1 aliphatic carbocycles. The lowest BCUT2D eigenvalue weighted by Gasteiger charge is -2.33. The van der Waals surface area contributed by atoms with Gasteiger partial charge in [-0.15, -0.1) is 0 Å². The molecule has 1 aromatic carbocycles. The largest absolute Gasteiger partial charge is 0.465 e. The Morgan fingerprint density at radius 2 is 2.14 bits per heavy atom. The molecule has 22 heavy (non-hydrogen) atoms. The first-order valence-electron chi connectivity index (χ1n) is 7.58. The van der Waals surface area contributed by atoms with E-state index in [1.807, 2.05) is 67.3 Å². The van der Waals surface area contributed by atoms with Crippen LogP contribution in [0, 0.1) is 5.41 Å². The molecule has 116 valence electrons. The van der Waals surface area contributed by atoms with E-state index in [0.717, 1.165) is 11.3 Å². The zero-order chi connectivity index (χ0) is 16.0. The van der Waals surface area contributed by atoms with Crippen molar-refractivity contribution in [3.8, 4) is 0 Å². The van der Waals surface area contributed by atoms with Crippen LogP contribution in [0.1, 0.15) is 25.8 Å². The Balaban J connectivity index is 2.58. The fourth-order valence-corrected chi connectivity index (χ4v) is 2.77. The molecule has 1 unspecified atom stereocenters. The normalized spacial score (nSPS) is 19.7. The Labute approximate surface area is 131 Å². The van der Waals surface area contributed by atoms with Gasteiger partial charge in [0, 0.05) is 12.2 Å². The van der Waals surface area contributed by atoms with E-state index in [9.17, 15) is 4.79 Å². The van der Waals surface area contributed by atoms with E-state index in [2.05, 4.69) is 0 Å². The summed E-state index contributed by atoms with van der Waals surface area (Å²) in [6.45, 7) is 4.81. The summed E-state index contributed by atoms with van der Waals surface area (Å²) in [6, 6.07) is 7.73. The molecule has 1 atom stereocenters. The highest BCUT2D eigenvalue weighted by molar-refractivity contribution is 5.91. The zero-order valence-electron chi connectivity index (χ0n) is 13.1. The van der Waals surface area contributed by atoms with Gasteiger partial charge < -0.3 is 9.64 Å². The van der Waals surface area contributed by atoms with Crippen LogP contribution in [-0.4, -0.2) is 25.5 Å². The van der Waals surface area contributed by atoms with Crippen molar-refractivity contribution in [3.05, 3.63) is 54.1 Å². The molecule has 0 radical (unpaired) electrons. The highest BCUT2D eigenvalue weighted by Crippen LogP contribution is 2.39. The van der Waals surface area contributed by atoms with Crippen molar-refractivity contribution >= 4 is 18.0 Å². The van der Waals surface area contributed by atoms with Crippen LogP contribution in [0.25, 0.3) is 0 Å². The number of carbonyl (C=O) groups excluding carboxylic acids is 1. The molecule has 1 N–H and O–H groups in total. The fraction of sp³-hybridized carbons (Fsp3) is 0.333.